The van der Waals surface area contributed by atoms with E-state index in [-0.39, 0.29) is 25.5 Å². The van der Waals surface area contributed by atoms with Crippen LogP contribution < -0.4 is 4.90 Å². The molecule has 0 atom stereocenters. The van der Waals surface area contributed by atoms with Crippen molar-refractivity contribution in [3.05, 3.63) is 71.3 Å². The Morgan fingerprint density at radius 2 is 1.50 bits per heavy atom. The number of nitrogens with zero attached hydrogens (tertiary/aromatic N) is 4. The SMILES string of the molecule is C=CC(=O)OCCN(CCOCCOCCO)c1ccc(N=Nc2ccc([N+](=O)[O-])cc2)cc1. The largest absolute Gasteiger partial charge is 0.461 e. The standard InChI is InChI=1S/C23H28N4O7/c1-2-23(29)34-15-12-26(11-14-32-17-18-33-16-13-28)21-7-3-19(4-8-21)24-25-20-5-9-22(10-6-20)27(30)31/h2-10,28H,1,11-18H2. The molecular formula is C23H28N4O7. The number of hydrogen-bond acceptors (Lipinski definition) is 10. The molecule has 182 valence electrons. The molecule has 0 unspecified atom stereocenters. The number of aliphatic hydroxyl groups is 1. The number of carbonyl (C=O) groups excluding carboxylic acids is 1. The van der Waals surface area contributed by atoms with E-state index in [1.165, 1.54) is 24.3 Å². The normalized spacial score (nSPS) is 10.9. The van der Waals surface area contributed by atoms with Crippen LogP contribution in [0.2, 0.25) is 0 Å². The van der Waals surface area contributed by atoms with E-state index in [1.54, 1.807) is 12.1 Å². The van der Waals surface area contributed by atoms with Gasteiger partial charge < -0.3 is 24.2 Å². The number of non-ortho nitro benzene ring substituents is 1. The van der Waals surface area contributed by atoms with E-state index in [0.29, 0.717) is 44.3 Å². The summed E-state index contributed by atoms with van der Waals surface area (Å²) in [5.41, 5.74) is 1.98. The van der Waals surface area contributed by atoms with Gasteiger partial charge in [0.05, 0.1) is 55.9 Å². The fraction of sp³-hybridized carbons (Fsp3) is 0.348. The number of esters is 1. The molecule has 11 nitrogen and oxygen atoms in total. The first-order chi connectivity index (χ1) is 16.5. The first kappa shape index (κ1) is 26.6. The first-order valence-electron chi connectivity index (χ1n) is 10.6. The molecule has 34 heavy (non-hydrogen) atoms. The molecule has 0 heterocycles. The van der Waals surface area contributed by atoms with Crippen LogP contribution in [0.3, 0.4) is 0 Å². The predicted molar refractivity (Wildman–Crippen MR) is 126 cm³/mol. The zero-order valence-electron chi connectivity index (χ0n) is 18.7. The minimum absolute atomic E-state index is 0.0103. The smallest absolute Gasteiger partial charge is 0.330 e. The van der Waals surface area contributed by atoms with E-state index >= 15 is 0 Å². The first-order valence-corrected chi connectivity index (χ1v) is 10.6. The van der Waals surface area contributed by atoms with E-state index in [1.807, 2.05) is 17.0 Å². The van der Waals surface area contributed by atoms with Crippen LogP contribution in [0.25, 0.3) is 0 Å². The van der Waals surface area contributed by atoms with Crippen LogP contribution in [0.5, 0.6) is 0 Å². The van der Waals surface area contributed by atoms with Crippen molar-refractivity contribution < 1.29 is 29.0 Å². The Bertz CT molecular complexity index is 933. The summed E-state index contributed by atoms with van der Waals surface area (Å²) in [6, 6.07) is 13.1. The van der Waals surface area contributed by atoms with Crippen molar-refractivity contribution in [3.8, 4) is 0 Å². The molecule has 0 fully saturated rings. The van der Waals surface area contributed by atoms with Gasteiger partial charge in [-0.1, -0.05) is 6.58 Å². The maximum absolute atomic E-state index is 11.3. The van der Waals surface area contributed by atoms with Crippen molar-refractivity contribution >= 4 is 28.7 Å². The number of nitro groups is 1. The molecule has 2 aromatic carbocycles. The lowest BCUT2D eigenvalue weighted by Gasteiger charge is -2.24. The Morgan fingerprint density at radius 1 is 0.941 bits per heavy atom. The molecule has 0 aliphatic heterocycles. The van der Waals surface area contributed by atoms with Crippen LogP contribution >= 0.6 is 0 Å². The number of benzene rings is 2. The Kier molecular flexibility index (Phi) is 11.9. The molecule has 0 amide bonds. The van der Waals surface area contributed by atoms with Gasteiger partial charge in [0, 0.05) is 30.4 Å². The Hall–Kier alpha value is -3.67. The third-order valence-corrected chi connectivity index (χ3v) is 4.44. The van der Waals surface area contributed by atoms with E-state index in [4.69, 9.17) is 19.3 Å². The number of ether oxygens (including phenoxy) is 3. The molecule has 2 rings (SSSR count). The van der Waals surface area contributed by atoms with Crippen molar-refractivity contribution in [1.82, 2.24) is 0 Å². The van der Waals surface area contributed by atoms with E-state index < -0.39 is 10.9 Å². The zero-order valence-corrected chi connectivity index (χ0v) is 18.7. The second kappa shape index (κ2) is 15.2. The highest BCUT2D eigenvalue weighted by Crippen LogP contribution is 2.23. The van der Waals surface area contributed by atoms with Crippen molar-refractivity contribution in [3.63, 3.8) is 0 Å². The maximum atomic E-state index is 11.3. The van der Waals surface area contributed by atoms with Crippen molar-refractivity contribution in [1.29, 1.82) is 0 Å². The molecule has 0 aromatic heterocycles. The highest BCUT2D eigenvalue weighted by Gasteiger charge is 2.08. The van der Waals surface area contributed by atoms with Gasteiger partial charge in [-0.2, -0.15) is 10.2 Å². The molecule has 0 spiro atoms. The summed E-state index contributed by atoms with van der Waals surface area (Å²) in [5.74, 6) is -0.487. The summed E-state index contributed by atoms with van der Waals surface area (Å²) >= 11 is 0. The molecule has 0 bridgehead atoms. The number of carbonyl (C=O) groups is 1. The molecule has 0 saturated heterocycles. The van der Waals surface area contributed by atoms with Crippen molar-refractivity contribution in [2.75, 3.05) is 57.6 Å². The summed E-state index contributed by atoms with van der Waals surface area (Å²) in [7, 11) is 0. The lowest BCUT2D eigenvalue weighted by atomic mass is 10.2. The number of nitro benzene ring substituents is 1. The maximum Gasteiger partial charge on any atom is 0.330 e. The molecule has 2 aromatic rings. The van der Waals surface area contributed by atoms with Crippen LogP contribution in [-0.2, 0) is 19.0 Å². The van der Waals surface area contributed by atoms with E-state index in [2.05, 4.69) is 16.8 Å². The fourth-order valence-electron chi connectivity index (χ4n) is 2.73. The van der Waals surface area contributed by atoms with Gasteiger partial charge >= 0.3 is 5.97 Å². The molecule has 0 aliphatic rings. The molecule has 1 N–H and O–H groups in total. The minimum Gasteiger partial charge on any atom is -0.461 e. The topological polar surface area (TPSA) is 136 Å². The number of azo groups is 1. The van der Waals surface area contributed by atoms with Gasteiger partial charge in [0.1, 0.15) is 6.61 Å². The molecule has 11 heteroatoms. The van der Waals surface area contributed by atoms with E-state index in [9.17, 15) is 14.9 Å². The lowest BCUT2D eigenvalue weighted by molar-refractivity contribution is -0.384. The molecule has 0 aliphatic carbocycles. The highest BCUT2D eigenvalue weighted by atomic mass is 16.6. The van der Waals surface area contributed by atoms with Crippen LogP contribution in [0.15, 0.2) is 71.4 Å². The Morgan fingerprint density at radius 3 is 2.06 bits per heavy atom. The quantitative estimate of drug-likeness (QED) is 0.0978. The van der Waals surface area contributed by atoms with Gasteiger partial charge in [-0.25, -0.2) is 4.79 Å². The van der Waals surface area contributed by atoms with Crippen LogP contribution in [0.4, 0.5) is 22.7 Å². The van der Waals surface area contributed by atoms with Gasteiger partial charge in [-0.05, 0) is 36.4 Å². The molecular weight excluding hydrogens is 444 g/mol. The summed E-state index contributed by atoms with van der Waals surface area (Å²) in [5, 5.41) is 27.7. The second-order valence-electron chi connectivity index (χ2n) is 6.80. The Balaban J connectivity index is 1.95. The van der Waals surface area contributed by atoms with Crippen LogP contribution in [-0.4, -0.2) is 68.7 Å². The van der Waals surface area contributed by atoms with Gasteiger partial charge in [0.25, 0.3) is 5.69 Å². The van der Waals surface area contributed by atoms with Gasteiger partial charge in [0.15, 0.2) is 0 Å². The fourth-order valence-corrected chi connectivity index (χ4v) is 2.73. The molecule has 0 radical (unpaired) electrons. The van der Waals surface area contributed by atoms with E-state index in [0.717, 1.165) is 11.8 Å². The minimum atomic E-state index is -0.487. The average molecular weight is 472 g/mol. The zero-order chi connectivity index (χ0) is 24.6. The lowest BCUT2D eigenvalue weighted by Crippen LogP contribution is -2.31. The molecule has 0 saturated carbocycles. The monoisotopic (exact) mass is 472 g/mol. The second-order valence-corrected chi connectivity index (χ2v) is 6.80. The van der Waals surface area contributed by atoms with Crippen molar-refractivity contribution in [2.45, 2.75) is 0 Å². The average Bonchev–Trinajstić information content (AvgIpc) is 2.86. The van der Waals surface area contributed by atoms with Gasteiger partial charge in [-0.15, -0.1) is 0 Å². The van der Waals surface area contributed by atoms with Gasteiger partial charge in [0.2, 0.25) is 0 Å². The van der Waals surface area contributed by atoms with Gasteiger partial charge in [-0.3, -0.25) is 10.1 Å². The van der Waals surface area contributed by atoms with Crippen LogP contribution in [0.1, 0.15) is 0 Å². The predicted octanol–water partition coefficient (Wildman–Crippen LogP) is 3.57. The number of rotatable bonds is 16. The van der Waals surface area contributed by atoms with Crippen molar-refractivity contribution in [2.24, 2.45) is 10.2 Å². The third-order valence-electron chi connectivity index (χ3n) is 4.44. The third kappa shape index (κ3) is 9.86. The van der Waals surface area contributed by atoms with Crippen LogP contribution in [0, 0.1) is 10.1 Å². The summed E-state index contributed by atoms with van der Waals surface area (Å²) in [6.07, 6.45) is 1.12. The number of anilines is 1. The summed E-state index contributed by atoms with van der Waals surface area (Å²) in [4.78, 5) is 23.6. The Labute approximate surface area is 197 Å². The highest BCUT2D eigenvalue weighted by molar-refractivity contribution is 5.81. The number of hydrogen-bond donors (Lipinski definition) is 1. The number of aliphatic hydroxyl groups excluding tert-OH is 1. The summed E-state index contributed by atoms with van der Waals surface area (Å²) < 4.78 is 15.8. The summed E-state index contributed by atoms with van der Waals surface area (Å²) in [6.45, 7) is 6.05.